The lowest BCUT2D eigenvalue weighted by atomic mass is 10.2. The van der Waals surface area contributed by atoms with Gasteiger partial charge in [-0.05, 0) is 34.9 Å². The van der Waals surface area contributed by atoms with Crippen LogP contribution in [0.5, 0.6) is 11.8 Å². The molecule has 3 rings (SSSR count). The maximum Gasteiger partial charge on any atom is 0.494 e. The molecule has 0 spiro atoms. The van der Waals surface area contributed by atoms with E-state index in [4.69, 9.17) is 10.5 Å². The molecule has 1 aromatic heterocycles. The third-order valence-electron chi connectivity index (χ3n) is 3.81. The fourth-order valence-corrected chi connectivity index (χ4v) is 2.64. The largest absolute Gasteiger partial charge is 0.494 e. The number of hydrogen-bond acceptors (Lipinski definition) is 7. The van der Waals surface area contributed by atoms with E-state index in [1.807, 2.05) is 0 Å². The predicted molar refractivity (Wildman–Crippen MR) is 87.5 cm³/mol. The summed E-state index contributed by atoms with van der Waals surface area (Å²) < 4.78 is 6.47. The van der Waals surface area contributed by atoms with E-state index in [-0.39, 0.29) is 17.7 Å². The van der Waals surface area contributed by atoms with E-state index in [0.717, 1.165) is 17.5 Å². The summed E-state index contributed by atoms with van der Waals surface area (Å²) in [6.45, 7) is 0.880. The van der Waals surface area contributed by atoms with Crippen molar-refractivity contribution in [2.24, 2.45) is 5.73 Å². The summed E-state index contributed by atoms with van der Waals surface area (Å²) in [6, 6.07) is 6.18. The van der Waals surface area contributed by atoms with Crippen molar-refractivity contribution in [1.82, 2.24) is 19.7 Å². The fraction of sp³-hybridized carbons (Fsp3) is 0.333. The molecule has 0 bridgehead atoms. The van der Waals surface area contributed by atoms with E-state index in [9.17, 15) is 19.7 Å². The molecule has 2 heterocycles. The van der Waals surface area contributed by atoms with Crippen molar-refractivity contribution < 1.29 is 19.2 Å². The first-order valence-electron chi connectivity index (χ1n) is 7.89. The minimum atomic E-state index is -0.814. The van der Waals surface area contributed by atoms with Gasteiger partial charge in [0.1, 0.15) is 12.3 Å². The van der Waals surface area contributed by atoms with Crippen LogP contribution in [0.25, 0.3) is 0 Å². The maximum absolute atomic E-state index is 12.7. The van der Waals surface area contributed by atoms with Crippen LogP contribution < -0.4 is 10.5 Å². The van der Waals surface area contributed by atoms with Crippen LogP contribution in [0.4, 0.5) is 5.95 Å². The third kappa shape index (κ3) is 3.61. The van der Waals surface area contributed by atoms with Crippen molar-refractivity contribution in [3.8, 4) is 11.8 Å². The molecule has 2 N–H and O–H groups in total. The average Bonchev–Trinajstić information content (AvgIpc) is 3.25. The monoisotopic (exact) mass is 360 g/mol. The maximum atomic E-state index is 12.7. The molecule has 1 fully saturated rings. The number of hydrogen-bond donors (Lipinski definition) is 1. The number of carbonyl (C=O) groups is 2. The lowest BCUT2D eigenvalue weighted by Gasteiger charge is -2.16. The SMILES string of the molecule is NC(=O)Cn1nc([N+](=O)[O-])nc1Oc1ccccc1C(=O)N1CCCC1. The zero-order valence-corrected chi connectivity index (χ0v) is 13.7. The summed E-state index contributed by atoms with van der Waals surface area (Å²) >= 11 is 0. The standard InChI is InChI=1S/C15H16N6O5/c16-12(22)9-20-15(17-14(18-20)21(24)25)26-11-6-2-1-5-10(11)13(23)19-7-3-4-8-19/h1-2,5-6H,3-4,7-9H2,(H2,16,22). The Hall–Kier alpha value is -3.50. The normalized spacial score (nSPS) is 13.6. The Morgan fingerprint density at radius 1 is 1.27 bits per heavy atom. The lowest BCUT2D eigenvalue weighted by molar-refractivity contribution is -0.394. The highest BCUT2D eigenvalue weighted by atomic mass is 16.6. The summed E-state index contributed by atoms with van der Waals surface area (Å²) in [4.78, 5) is 39.2. The Bertz CT molecular complexity index is 858. The highest BCUT2D eigenvalue weighted by molar-refractivity contribution is 5.97. The number of aromatic nitrogens is 3. The van der Waals surface area contributed by atoms with E-state index in [0.29, 0.717) is 18.7 Å². The number of likely N-dealkylation sites (tertiary alicyclic amines) is 1. The van der Waals surface area contributed by atoms with Crippen molar-refractivity contribution >= 4 is 17.8 Å². The van der Waals surface area contributed by atoms with Crippen LogP contribution in [0, 0.1) is 10.1 Å². The second-order valence-electron chi connectivity index (χ2n) is 5.67. The van der Waals surface area contributed by atoms with Crippen LogP contribution >= 0.6 is 0 Å². The Labute approximate surface area is 147 Å². The van der Waals surface area contributed by atoms with Crippen LogP contribution in [-0.4, -0.2) is 49.5 Å². The second-order valence-corrected chi connectivity index (χ2v) is 5.67. The van der Waals surface area contributed by atoms with Crippen molar-refractivity contribution in [2.45, 2.75) is 19.4 Å². The van der Waals surface area contributed by atoms with Crippen LogP contribution in [-0.2, 0) is 11.3 Å². The zero-order chi connectivity index (χ0) is 18.7. The van der Waals surface area contributed by atoms with E-state index < -0.39 is 23.3 Å². The van der Waals surface area contributed by atoms with Gasteiger partial charge in [0.2, 0.25) is 5.91 Å². The third-order valence-corrected chi connectivity index (χ3v) is 3.81. The first kappa shape index (κ1) is 17.3. The second kappa shape index (κ2) is 7.17. The fourth-order valence-electron chi connectivity index (χ4n) is 2.64. The first-order chi connectivity index (χ1) is 12.5. The van der Waals surface area contributed by atoms with Crippen LogP contribution in [0.1, 0.15) is 23.2 Å². The molecule has 0 aliphatic carbocycles. The van der Waals surface area contributed by atoms with E-state index in [1.54, 1.807) is 29.2 Å². The van der Waals surface area contributed by atoms with E-state index in [1.165, 1.54) is 0 Å². The smallest absolute Gasteiger partial charge is 0.410 e. The molecular weight excluding hydrogens is 344 g/mol. The van der Waals surface area contributed by atoms with Gasteiger partial charge in [-0.3, -0.25) is 9.59 Å². The summed E-state index contributed by atoms with van der Waals surface area (Å²) in [5.74, 6) is -1.54. The molecule has 11 heteroatoms. The Balaban J connectivity index is 1.92. The van der Waals surface area contributed by atoms with Gasteiger partial charge in [-0.1, -0.05) is 12.1 Å². The van der Waals surface area contributed by atoms with E-state index in [2.05, 4.69) is 10.1 Å². The van der Waals surface area contributed by atoms with Crippen molar-refractivity contribution in [1.29, 1.82) is 0 Å². The van der Waals surface area contributed by atoms with Crippen molar-refractivity contribution in [2.75, 3.05) is 13.1 Å². The summed E-state index contributed by atoms with van der Waals surface area (Å²) in [6.07, 6.45) is 1.88. The van der Waals surface area contributed by atoms with Crippen LogP contribution in [0.15, 0.2) is 24.3 Å². The summed E-state index contributed by atoms with van der Waals surface area (Å²) in [7, 11) is 0. The molecule has 11 nitrogen and oxygen atoms in total. The predicted octanol–water partition coefficient (Wildman–Crippen LogP) is 0.700. The highest BCUT2D eigenvalue weighted by Crippen LogP contribution is 2.27. The van der Waals surface area contributed by atoms with Gasteiger partial charge in [0.05, 0.1) is 5.56 Å². The average molecular weight is 360 g/mol. The van der Waals surface area contributed by atoms with Gasteiger partial charge >= 0.3 is 12.0 Å². The molecule has 1 aliphatic heterocycles. The summed E-state index contributed by atoms with van der Waals surface area (Å²) in [5, 5.41) is 14.5. The number of para-hydroxylation sites is 1. The van der Waals surface area contributed by atoms with Gasteiger partial charge in [0.15, 0.2) is 0 Å². The quantitative estimate of drug-likeness (QED) is 0.589. The molecule has 0 radical (unpaired) electrons. The molecular formula is C15H16N6O5. The molecule has 1 aliphatic rings. The molecule has 0 unspecified atom stereocenters. The Kier molecular flexibility index (Phi) is 4.78. The van der Waals surface area contributed by atoms with Gasteiger partial charge in [-0.2, -0.15) is 0 Å². The van der Waals surface area contributed by atoms with Crippen molar-refractivity contribution in [3.63, 3.8) is 0 Å². The molecule has 2 amide bonds. The molecule has 136 valence electrons. The molecule has 26 heavy (non-hydrogen) atoms. The van der Waals surface area contributed by atoms with Gasteiger partial charge in [0.25, 0.3) is 5.91 Å². The van der Waals surface area contributed by atoms with Gasteiger partial charge in [0, 0.05) is 18.2 Å². The highest BCUT2D eigenvalue weighted by Gasteiger charge is 2.27. The Morgan fingerprint density at radius 3 is 2.62 bits per heavy atom. The van der Waals surface area contributed by atoms with Crippen LogP contribution in [0.2, 0.25) is 0 Å². The number of primary amides is 1. The van der Waals surface area contributed by atoms with Crippen LogP contribution in [0.3, 0.4) is 0 Å². The minimum Gasteiger partial charge on any atom is -0.410 e. The number of nitro groups is 1. The zero-order valence-electron chi connectivity index (χ0n) is 13.7. The van der Waals surface area contributed by atoms with Gasteiger partial charge in [-0.25, -0.2) is 0 Å². The minimum absolute atomic E-state index is 0.164. The topological polar surface area (TPSA) is 146 Å². The van der Waals surface area contributed by atoms with Gasteiger partial charge in [-0.15, -0.1) is 4.68 Å². The number of nitrogens with zero attached hydrogens (tertiary/aromatic N) is 5. The summed E-state index contributed by atoms with van der Waals surface area (Å²) in [5.41, 5.74) is 5.42. The lowest BCUT2D eigenvalue weighted by Crippen LogP contribution is -2.28. The first-order valence-corrected chi connectivity index (χ1v) is 7.89. The molecule has 0 atom stereocenters. The number of ether oxygens (including phenoxy) is 1. The number of benzene rings is 1. The van der Waals surface area contributed by atoms with Crippen molar-refractivity contribution in [3.05, 3.63) is 39.9 Å². The van der Waals surface area contributed by atoms with E-state index >= 15 is 0 Å². The molecule has 0 saturated carbocycles. The van der Waals surface area contributed by atoms with Gasteiger partial charge < -0.3 is 25.5 Å². The number of rotatable bonds is 6. The number of carbonyl (C=O) groups excluding carboxylic acids is 2. The molecule has 1 saturated heterocycles. The molecule has 2 aromatic rings. The number of amides is 2. The number of nitrogens with two attached hydrogens (primary N) is 1. The Morgan fingerprint density at radius 2 is 1.96 bits per heavy atom. The molecule has 1 aromatic carbocycles.